The second-order valence-corrected chi connectivity index (χ2v) is 3.61. The minimum Gasteiger partial charge on any atom is -0.466 e. The molecule has 0 saturated heterocycles. The van der Waals surface area contributed by atoms with Crippen molar-refractivity contribution in [3.8, 4) is 12.1 Å². The summed E-state index contributed by atoms with van der Waals surface area (Å²) in [6.45, 7) is 3.79. The number of hydrogen-bond donors (Lipinski definition) is 0. The van der Waals surface area contributed by atoms with Crippen LogP contribution in [0, 0.1) is 22.7 Å². The van der Waals surface area contributed by atoms with Crippen LogP contribution in [0.1, 0.15) is 20.3 Å². The van der Waals surface area contributed by atoms with Crippen molar-refractivity contribution in [2.75, 3.05) is 13.2 Å². The van der Waals surface area contributed by atoms with Gasteiger partial charge >= 0.3 is 11.9 Å². The molecule has 0 aliphatic heterocycles. The molecule has 0 heterocycles. The lowest BCUT2D eigenvalue weighted by atomic mass is 10.1. The van der Waals surface area contributed by atoms with Crippen molar-refractivity contribution in [3.63, 3.8) is 0 Å². The molecule has 6 nitrogen and oxygen atoms in total. The average molecular weight is 288 g/mol. The highest BCUT2D eigenvalue weighted by Gasteiger charge is 2.05. The molecule has 0 atom stereocenters. The van der Waals surface area contributed by atoms with Gasteiger partial charge in [-0.2, -0.15) is 10.5 Å². The third-order valence-corrected chi connectivity index (χ3v) is 2.05. The van der Waals surface area contributed by atoms with Gasteiger partial charge in [0.05, 0.1) is 37.3 Å². The minimum absolute atomic E-state index is 0.0816. The van der Waals surface area contributed by atoms with Crippen LogP contribution in [0.5, 0.6) is 0 Å². The number of hydrogen-bond acceptors (Lipinski definition) is 6. The molecule has 0 radical (unpaired) electrons. The molecule has 0 unspecified atom stereocenters. The number of carbonyl (C=O) groups excluding carboxylic acids is 2. The van der Waals surface area contributed by atoms with Crippen molar-refractivity contribution in [2.24, 2.45) is 0 Å². The zero-order chi connectivity index (χ0) is 16.1. The monoisotopic (exact) mass is 288 g/mol. The van der Waals surface area contributed by atoms with Gasteiger partial charge in [0.2, 0.25) is 0 Å². The summed E-state index contributed by atoms with van der Waals surface area (Å²) in [5.74, 6) is -1.11. The Morgan fingerprint density at radius 2 is 1.76 bits per heavy atom. The standard InChI is InChI=1S/C15H16N2O4/c1-3-20-14(18)8-12(10-16)6-5-7-13(11-17)9-15(19)21-4-2/h5-8H,3-4,9H2,1-2H3/b6-5+,12-8-,13-7-. The predicted molar refractivity (Wildman–Crippen MR) is 74.4 cm³/mol. The first-order valence-corrected chi connectivity index (χ1v) is 6.28. The maximum Gasteiger partial charge on any atom is 0.332 e. The fraction of sp³-hybridized carbons (Fsp3) is 0.333. The Bertz CT molecular complexity index is 545. The van der Waals surface area contributed by atoms with E-state index in [2.05, 4.69) is 4.74 Å². The first-order chi connectivity index (χ1) is 10.1. The Kier molecular flexibility index (Phi) is 9.51. The van der Waals surface area contributed by atoms with Gasteiger partial charge in [0.1, 0.15) is 0 Å². The Hall–Kier alpha value is -2.86. The molecule has 0 saturated carbocycles. The first-order valence-electron chi connectivity index (χ1n) is 6.28. The fourth-order valence-corrected chi connectivity index (χ4v) is 1.20. The molecular weight excluding hydrogens is 272 g/mol. The predicted octanol–water partition coefficient (Wildman–Crippen LogP) is 1.96. The summed E-state index contributed by atoms with van der Waals surface area (Å²) in [4.78, 5) is 22.4. The van der Waals surface area contributed by atoms with Gasteiger partial charge in [0.25, 0.3) is 0 Å². The highest BCUT2D eigenvalue weighted by Crippen LogP contribution is 2.04. The van der Waals surface area contributed by atoms with Crippen LogP contribution < -0.4 is 0 Å². The van der Waals surface area contributed by atoms with Gasteiger partial charge in [-0.15, -0.1) is 0 Å². The lowest BCUT2D eigenvalue weighted by Crippen LogP contribution is -2.04. The topological polar surface area (TPSA) is 100 Å². The van der Waals surface area contributed by atoms with Gasteiger partial charge in [0.15, 0.2) is 0 Å². The van der Waals surface area contributed by atoms with E-state index in [0.29, 0.717) is 0 Å². The van der Waals surface area contributed by atoms with Crippen molar-refractivity contribution in [2.45, 2.75) is 20.3 Å². The van der Waals surface area contributed by atoms with Gasteiger partial charge in [-0.1, -0.05) is 6.08 Å². The van der Waals surface area contributed by atoms with E-state index >= 15 is 0 Å². The van der Waals surface area contributed by atoms with Gasteiger partial charge in [-0.05, 0) is 26.0 Å². The molecule has 6 heteroatoms. The largest absolute Gasteiger partial charge is 0.466 e. The van der Waals surface area contributed by atoms with Crippen molar-refractivity contribution in [3.05, 3.63) is 35.5 Å². The molecule has 0 N–H and O–H groups in total. The molecule has 0 aliphatic rings. The summed E-state index contributed by atoms with van der Waals surface area (Å²) in [5, 5.41) is 17.7. The molecule has 110 valence electrons. The summed E-state index contributed by atoms with van der Waals surface area (Å²) in [6, 6.07) is 3.67. The maximum absolute atomic E-state index is 11.2. The van der Waals surface area contributed by atoms with Crippen molar-refractivity contribution in [1.82, 2.24) is 0 Å². The first kappa shape index (κ1) is 18.1. The lowest BCUT2D eigenvalue weighted by Gasteiger charge is -1.98. The fourth-order valence-electron chi connectivity index (χ4n) is 1.20. The number of ether oxygens (including phenoxy) is 2. The second-order valence-electron chi connectivity index (χ2n) is 3.61. The Balaban J connectivity index is 4.80. The van der Waals surface area contributed by atoms with Crippen LogP contribution in [0.25, 0.3) is 0 Å². The number of allylic oxidation sites excluding steroid dienone is 4. The van der Waals surface area contributed by atoms with E-state index in [4.69, 9.17) is 15.3 Å². The van der Waals surface area contributed by atoms with E-state index in [-0.39, 0.29) is 30.8 Å². The molecule has 0 aromatic carbocycles. The van der Waals surface area contributed by atoms with Crippen molar-refractivity contribution >= 4 is 11.9 Å². The van der Waals surface area contributed by atoms with Gasteiger partial charge < -0.3 is 9.47 Å². The average Bonchev–Trinajstić information content (AvgIpc) is 2.45. The number of esters is 2. The number of rotatable bonds is 7. The van der Waals surface area contributed by atoms with Crippen LogP contribution in [0.15, 0.2) is 35.5 Å². The van der Waals surface area contributed by atoms with Crippen molar-refractivity contribution < 1.29 is 19.1 Å². The van der Waals surface area contributed by atoms with Crippen molar-refractivity contribution in [1.29, 1.82) is 10.5 Å². The van der Waals surface area contributed by atoms with Gasteiger partial charge in [-0.3, -0.25) is 4.79 Å². The summed E-state index contributed by atoms with van der Waals surface area (Å²) in [7, 11) is 0. The highest BCUT2D eigenvalue weighted by atomic mass is 16.5. The molecule has 0 fully saturated rings. The molecular formula is C15H16N2O4. The Labute approximate surface area is 123 Å². The van der Waals surface area contributed by atoms with E-state index in [1.165, 1.54) is 18.2 Å². The van der Waals surface area contributed by atoms with Crippen LogP contribution in [-0.2, 0) is 19.1 Å². The van der Waals surface area contributed by atoms with Crippen LogP contribution in [-0.4, -0.2) is 25.2 Å². The SMILES string of the molecule is CCOC(=O)/C=C(C#N)/C=C/C=C(\C#N)CC(=O)OCC. The number of nitrogens with zero attached hydrogens (tertiary/aromatic N) is 2. The normalized spacial score (nSPS) is 11.6. The second kappa shape index (κ2) is 11.0. The van der Waals surface area contributed by atoms with E-state index in [1.54, 1.807) is 13.8 Å². The molecule has 0 aliphatic carbocycles. The molecule has 0 aromatic rings. The molecule has 0 amide bonds. The van der Waals surface area contributed by atoms with Gasteiger partial charge in [0, 0.05) is 11.6 Å². The number of nitriles is 2. The van der Waals surface area contributed by atoms with E-state index < -0.39 is 11.9 Å². The summed E-state index contributed by atoms with van der Waals surface area (Å²) >= 11 is 0. The van der Waals surface area contributed by atoms with Gasteiger partial charge in [-0.25, -0.2) is 4.79 Å². The molecule has 0 spiro atoms. The molecule has 21 heavy (non-hydrogen) atoms. The molecule has 0 bridgehead atoms. The minimum atomic E-state index is -0.616. The number of carbonyl (C=O) groups is 2. The zero-order valence-electron chi connectivity index (χ0n) is 12.0. The maximum atomic E-state index is 11.2. The lowest BCUT2D eigenvalue weighted by molar-refractivity contribution is -0.142. The Morgan fingerprint density at radius 1 is 1.10 bits per heavy atom. The van der Waals surface area contributed by atoms with E-state index in [9.17, 15) is 9.59 Å². The highest BCUT2D eigenvalue weighted by molar-refractivity contribution is 5.84. The van der Waals surface area contributed by atoms with Crippen LogP contribution in [0.2, 0.25) is 0 Å². The molecule has 0 aromatic heterocycles. The summed E-state index contributed by atoms with van der Waals surface area (Å²) < 4.78 is 9.40. The summed E-state index contributed by atoms with van der Waals surface area (Å²) in [5.41, 5.74) is 0.274. The van der Waals surface area contributed by atoms with Crippen LogP contribution >= 0.6 is 0 Å². The zero-order valence-corrected chi connectivity index (χ0v) is 12.0. The quantitative estimate of drug-likeness (QED) is 0.307. The van der Waals surface area contributed by atoms with E-state index in [0.717, 1.165) is 6.08 Å². The van der Waals surface area contributed by atoms with Crippen LogP contribution in [0.3, 0.4) is 0 Å². The molecule has 0 rings (SSSR count). The third-order valence-electron chi connectivity index (χ3n) is 2.05. The Morgan fingerprint density at radius 3 is 2.29 bits per heavy atom. The smallest absolute Gasteiger partial charge is 0.332 e. The van der Waals surface area contributed by atoms with Crippen LogP contribution in [0.4, 0.5) is 0 Å². The third kappa shape index (κ3) is 8.79. The summed E-state index contributed by atoms with van der Waals surface area (Å²) in [6.07, 6.45) is 5.04. The van der Waals surface area contributed by atoms with E-state index in [1.807, 2.05) is 12.1 Å².